The number of aliphatic hydroxyl groups is 1. The molecular weight excluding hydrogens is 307 g/mol. The molecule has 0 saturated heterocycles. The van der Waals surface area contributed by atoms with Gasteiger partial charge in [-0.05, 0) is 19.9 Å². The number of halogens is 2. The van der Waals surface area contributed by atoms with E-state index in [2.05, 4.69) is 0 Å². The van der Waals surface area contributed by atoms with Crippen LogP contribution in [-0.2, 0) is 0 Å². The van der Waals surface area contributed by atoms with Crippen molar-refractivity contribution >= 4 is 34.8 Å². The highest BCUT2D eigenvalue weighted by molar-refractivity contribution is 6.43. The molecule has 0 bridgehead atoms. The molecule has 110 valence electrons. The Bertz CT molecular complexity index is 555. The molecule has 20 heavy (non-hydrogen) atoms. The minimum Gasteiger partial charge on any atom is -0.389 e. The summed E-state index contributed by atoms with van der Waals surface area (Å²) in [7, 11) is 1.48. The van der Waals surface area contributed by atoms with E-state index in [9.17, 15) is 20.0 Å². The molecule has 0 aliphatic carbocycles. The second kappa shape index (κ2) is 5.95. The van der Waals surface area contributed by atoms with Crippen molar-refractivity contribution in [1.82, 2.24) is 4.90 Å². The van der Waals surface area contributed by atoms with Gasteiger partial charge in [0.25, 0.3) is 11.6 Å². The molecule has 0 saturated carbocycles. The van der Waals surface area contributed by atoms with E-state index in [1.165, 1.54) is 18.0 Å². The van der Waals surface area contributed by atoms with Crippen LogP contribution in [0, 0.1) is 10.1 Å². The van der Waals surface area contributed by atoms with Crippen molar-refractivity contribution in [2.24, 2.45) is 0 Å². The summed E-state index contributed by atoms with van der Waals surface area (Å²) in [6.45, 7) is 3.17. The van der Waals surface area contributed by atoms with Crippen LogP contribution < -0.4 is 0 Å². The molecule has 0 spiro atoms. The Morgan fingerprint density at radius 3 is 2.45 bits per heavy atom. The van der Waals surface area contributed by atoms with Crippen molar-refractivity contribution in [3.63, 3.8) is 0 Å². The minimum absolute atomic E-state index is 0.0397. The van der Waals surface area contributed by atoms with Gasteiger partial charge in [-0.25, -0.2) is 0 Å². The number of rotatable bonds is 4. The Morgan fingerprint density at radius 2 is 2.00 bits per heavy atom. The number of carbonyl (C=O) groups excluding carboxylic acids is 1. The summed E-state index contributed by atoms with van der Waals surface area (Å²) in [5.41, 5.74) is -1.47. The molecule has 0 atom stereocenters. The summed E-state index contributed by atoms with van der Waals surface area (Å²) in [4.78, 5) is 23.5. The van der Waals surface area contributed by atoms with Crippen molar-refractivity contribution in [2.75, 3.05) is 13.6 Å². The van der Waals surface area contributed by atoms with Gasteiger partial charge in [0, 0.05) is 25.2 Å². The third-order valence-electron chi connectivity index (χ3n) is 2.42. The van der Waals surface area contributed by atoms with E-state index < -0.39 is 22.1 Å². The van der Waals surface area contributed by atoms with Gasteiger partial charge < -0.3 is 10.0 Å². The normalized spacial score (nSPS) is 11.3. The number of hydrogen-bond donors (Lipinski definition) is 1. The molecule has 1 rings (SSSR count). The molecule has 0 radical (unpaired) electrons. The quantitative estimate of drug-likeness (QED) is 0.683. The van der Waals surface area contributed by atoms with Crippen LogP contribution >= 0.6 is 23.2 Å². The van der Waals surface area contributed by atoms with Crippen LogP contribution in [0.15, 0.2) is 12.1 Å². The van der Waals surface area contributed by atoms with Gasteiger partial charge in [-0.15, -0.1) is 0 Å². The Hall–Kier alpha value is -1.37. The highest BCUT2D eigenvalue weighted by Gasteiger charge is 2.24. The Labute approximate surface area is 126 Å². The SMILES string of the molecule is CN(CC(C)(C)O)C(=O)c1cc(Cl)c(Cl)c([N+](=O)[O-])c1. The lowest BCUT2D eigenvalue weighted by molar-refractivity contribution is -0.384. The molecule has 1 N–H and O–H groups in total. The first-order valence-electron chi connectivity index (χ1n) is 5.64. The van der Waals surface area contributed by atoms with Crippen LogP contribution in [0.5, 0.6) is 0 Å². The first kappa shape index (κ1) is 16.7. The predicted octanol–water partition coefficient (Wildman–Crippen LogP) is 2.74. The van der Waals surface area contributed by atoms with E-state index in [0.29, 0.717) is 0 Å². The summed E-state index contributed by atoms with van der Waals surface area (Å²) in [6, 6.07) is 2.33. The van der Waals surface area contributed by atoms with Crippen LogP contribution in [0.2, 0.25) is 10.0 Å². The molecule has 0 heterocycles. The molecule has 0 aliphatic rings. The van der Waals surface area contributed by atoms with Gasteiger partial charge in [0.2, 0.25) is 0 Å². The highest BCUT2D eigenvalue weighted by atomic mass is 35.5. The molecule has 0 fully saturated rings. The van der Waals surface area contributed by atoms with Crippen LogP contribution in [0.3, 0.4) is 0 Å². The predicted molar refractivity (Wildman–Crippen MR) is 76.4 cm³/mol. The Morgan fingerprint density at radius 1 is 1.45 bits per heavy atom. The largest absolute Gasteiger partial charge is 0.389 e. The van der Waals surface area contributed by atoms with Gasteiger partial charge in [0.15, 0.2) is 0 Å². The zero-order valence-corrected chi connectivity index (χ0v) is 12.7. The van der Waals surface area contributed by atoms with Crippen molar-refractivity contribution in [3.8, 4) is 0 Å². The van der Waals surface area contributed by atoms with E-state index in [0.717, 1.165) is 6.07 Å². The van der Waals surface area contributed by atoms with Crippen LogP contribution in [0.25, 0.3) is 0 Å². The molecule has 1 aromatic rings. The molecule has 0 aliphatic heterocycles. The summed E-state index contributed by atoms with van der Waals surface area (Å²) in [5.74, 6) is -0.492. The Kier molecular flexibility index (Phi) is 4.96. The van der Waals surface area contributed by atoms with Gasteiger partial charge in [-0.3, -0.25) is 14.9 Å². The van der Waals surface area contributed by atoms with Gasteiger partial charge in [0.05, 0.1) is 15.5 Å². The zero-order valence-electron chi connectivity index (χ0n) is 11.2. The van der Waals surface area contributed by atoms with Gasteiger partial charge in [0.1, 0.15) is 5.02 Å². The number of nitro benzene ring substituents is 1. The molecule has 1 amide bonds. The Balaban J connectivity index is 3.14. The van der Waals surface area contributed by atoms with Crippen molar-refractivity contribution in [2.45, 2.75) is 19.4 Å². The first-order valence-corrected chi connectivity index (χ1v) is 6.40. The fourth-order valence-corrected chi connectivity index (χ4v) is 2.10. The van der Waals surface area contributed by atoms with Gasteiger partial charge >= 0.3 is 0 Å². The maximum absolute atomic E-state index is 12.2. The lowest BCUT2D eigenvalue weighted by Gasteiger charge is -2.25. The molecular formula is C12H14Cl2N2O4. The average Bonchev–Trinajstić information content (AvgIpc) is 2.28. The number of benzene rings is 1. The van der Waals surface area contributed by atoms with Crippen molar-refractivity contribution < 1.29 is 14.8 Å². The van der Waals surface area contributed by atoms with Crippen LogP contribution in [0.4, 0.5) is 5.69 Å². The number of carbonyl (C=O) groups is 1. The molecule has 0 unspecified atom stereocenters. The van der Waals surface area contributed by atoms with E-state index in [1.807, 2.05) is 0 Å². The monoisotopic (exact) mass is 320 g/mol. The smallest absolute Gasteiger partial charge is 0.290 e. The fourth-order valence-electron chi connectivity index (χ4n) is 1.70. The van der Waals surface area contributed by atoms with Crippen LogP contribution in [0.1, 0.15) is 24.2 Å². The lowest BCUT2D eigenvalue weighted by atomic mass is 10.1. The third-order valence-corrected chi connectivity index (χ3v) is 3.22. The molecule has 8 heteroatoms. The van der Waals surface area contributed by atoms with Crippen molar-refractivity contribution in [3.05, 3.63) is 37.9 Å². The standard InChI is InChI=1S/C12H14Cl2N2O4/c1-12(2,18)6-15(3)11(17)7-4-8(13)10(14)9(5-7)16(19)20/h4-5,18H,6H2,1-3H3. The van der Waals surface area contributed by atoms with Gasteiger partial charge in [-0.2, -0.15) is 0 Å². The number of nitrogens with zero attached hydrogens (tertiary/aromatic N) is 2. The topological polar surface area (TPSA) is 83.7 Å². The summed E-state index contributed by atoms with van der Waals surface area (Å²) >= 11 is 11.5. The first-order chi connectivity index (χ1) is 9.03. The maximum atomic E-state index is 12.2. The van der Waals surface area contributed by atoms with E-state index in [4.69, 9.17) is 23.2 Å². The zero-order chi connectivity index (χ0) is 15.7. The fraction of sp³-hybridized carbons (Fsp3) is 0.417. The summed E-state index contributed by atoms with van der Waals surface area (Å²) in [6.07, 6.45) is 0. The minimum atomic E-state index is -1.08. The van der Waals surface area contributed by atoms with Crippen LogP contribution in [-0.4, -0.2) is 40.0 Å². The van der Waals surface area contributed by atoms with E-state index in [1.54, 1.807) is 13.8 Å². The lowest BCUT2D eigenvalue weighted by Crippen LogP contribution is -2.39. The summed E-state index contributed by atoms with van der Waals surface area (Å²) < 4.78 is 0. The number of amides is 1. The average molecular weight is 321 g/mol. The van der Waals surface area contributed by atoms with Crippen molar-refractivity contribution in [1.29, 1.82) is 0 Å². The number of nitro groups is 1. The molecule has 6 nitrogen and oxygen atoms in total. The number of likely N-dealkylation sites (N-methyl/N-ethyl adjacent to an activating group) is 1. The third kappa shape index (κ3) is 4.06. The van der Waals surface area contributed by atoms with Gasteiger partial charge in [-0.1, -0.05) is 23.2 Å². The number of hydrogen-bond acceptors (Lipinski definition) is 4. The highest BCUT2D eigenvalue weighted by Crippen LogP contribution is 2.33. The summed E-state index contributed by atoms with van der Waals surface area (Å²) in [5, 5.41) is 20.2. The maximum Gasteiger partial charge on any atom is 0.290 e. The second-order valence-electron chi connectivity index (χ2n) is 5.02. The second-order valence-corrected chi connectivity index (χ2v) is 5.81. The van der Waals surface area contributed by atoms with E-state index >= 15 is 0 Å². The van der Waals surface area contributed by atoms with E-state index in [-0.39, 0.29) is 22.2 Å². The molecule has 0 aromatic heterocycles. The molecule has 1 aromatic carbocycles.